The molecule has 1 amide bonds. The minimum absolute atomic E-state index is 0.0704. The molecule has 1 aromatic carbocycles. The zero-order chi connectivity index (χ0) is 23.0. The lowest BCUT2D eigenvalue weighted by atomic mass is 9.97. The van der Waals surface area contributed by atoms with E-state index in [1.807, 2.05) is 42.5 Å². The Hall–Kier alpha value is -3.13. The van der Waals surface area contributed by atoms with E-state index >= 15 is 0 Å². The van der Waals surface area contributed by atoms with Gasteiger partial charge in [0.2, 0.25) is 5.91 Å². The molecule has 8 heteroatoms. The Kier molecular flexibility index (Phi) is 7.78. The topological polar surface area (TPSA) is 86.1 Å². The molecule has 2 aromatic heterocycles. The van der Waals surface area contributed by atoms with Gasteiger partial charge < -0.3 is 10.1 Å². The van der Waals surface area contributed by atoms with E-state index in [2.05, 4.69) is 15.3 Å². The van der Waals surface area contributed by atoms with E-state index in [1.54, 1.807) is 17.9 Å². The van der Waals surface area contributed by atoms with Crippen LogP contribution in [0.15, 0.2) is 58.5 Å². The zero-order valence-corrected chi connectivity index (χ0v) is 19.6. The summed E-state index contributed by atoms with van der Waals surface area (Å²) in [7, 11) is 1.64. The molecule has 0 saturated heterocycles. The fraction of sp³-hybridized carbons (Fsp3) is 0.360. The Labute approximate surface area is 197 Å². The van der Waals surface area contributed by atoms with Crippen LogP contribution in [-0.2, 0) is 30.6 Å². The number of thioether (sulfide) groups is 1. The number of nitrogens with zero attached hydrogens (tertiary/aromatic N) is 3. The maximum Gasteiger partial charge on any atom is 0.349 e. The van der Waals surface area contributed by atoms with Crippen LogP contribution in [0.25, 0.3) is 0 Å². The number of nitrogens with one attached hydrogen (secondary N) is 1. The van der Waals surface area contributed by atoms with Crippen LogP contribution in [0.2, 0.25) is 0 Å². The third-order valence-electron chi connectivity index (χ3n) is 5.75. The number of ether oxygens (including phenoxy) is 1. The number of carbonyl (C=O) groups is 1. The maximum atomic E-state index is 12.8. The predicted molar refractivity (Wildman–Crippen MR) is 129 cm³/mol. The molecule has 1 N–H and O–H groups in total. The number of hydrogen-bond acceptors (Lipinski definition) is 6. The molecule has 0 atom stereocenters. The first-order valence-corrected chi connectivity index (χ1v) is 12.2. The van der Waals surface area contributed by atoms with Crippen molar-refractivity contribution in [2.24, 2.45) is 0 Å². The van der Waals surface area contributed by atoms with Crippen molar-refractivity contribution in [2.45, 2.75) is 43.7 Å². The van der Waals surface area contributed by atoms with Gasteiger partial charge in [0.05, 0.1) is 25.1 Å². The Morgan fingerprint density at radius 2 is 1.97 bits per heavy atom. The third-order valence-corrected chi connectivity index (χ3v) is 6.76. The van der Waals surface area contributed by atoms with Gasteiger partial charge in [-0.1, -0.05) is 36.0 Å². The van der Waals surface area contributed by atoms with Crippen LogP contribution in [0.4, 0.5) is 0 Å². The van der Waals surface area contributed by atoms with Gasteiger partial charge in [-0.15, -0.1) is 0 Å². The van der Waals surface area contributed by atoms with Crippen molar-refractivity contribution in [1.29, 1.82) is 0 Å². The molecule has 3 aromatic rings. The number of aromatic nitrogens is 3. The van der Waals surface area contributed by atoms with Crippen LogP contribution in [0.1, 0.15) is 35.4 Å². The highest BCUT2D eigenvalue weighted by Gasteiger charge is 2.21. The summed E-state index contributed by atoms with van der Waals surface area (Å²) in [5.41, 5.74) is 3.75. The number of carbonyl (C=O) groups excluding carboxylic acids is 1. The molecule has 1 aliphatic carbocycles. The van der Waals surface area contributed by atoms with E-state index in [9.17, 15) is 9.59 Å². The predicted octanol–water partition coefficient (Wildman–Crippen LogP) is 3.03. The third kappa shape index (κ3) is 5.82. The number of amides is 1. The van der Waals surface area contributed by atoms with Crippen molar-refractivity contribution < 1.29 is 9.53 Å². The summed E-state index contributed by atoms with van der Waals surface area (Å²) < 4.78 is 7.10. The monoisotopic (exact) mass is 464 g/mol. The number of fused-ring (bicyclic) bond motifs is 1. The number of hydrogen-bond donors (Lipinski definition) is 1. The maximum absolute atomic E-state index is 12.8. The minimum Gasteiger partial charge on any atom is -0.496 e. The van der Waals surface area contributed by atoms with Crippen LogP contribution < -0.4 is 15.7 Å². The van der Waals surface area contributed by atoms with E-state index in [4.69, 9.17) is 4.74 Å². The quantitative estimate of drug-likeness (QED) is 0.387. The van der Waals surface area contributed by atoms with Crippen molar-refractivity contribution in [2.75, 3.05) is 19.4 Å². The van der Waals surface area contributed by atoms with Gasteiger partial charge in [-0.25, -0.2) is 4.79 Å². The van der Waals surface area contributed by atoms with Crippen LogP contribution >= 0.6 is 11.8 Å². The highest BCUT2D eigenvalue weighted by molar-refractivity contribution is 7.99. The summed E-state index contributed by atoms with van der Waals surface area (Å²) in [6.07, 6.45) is 6.26. The largest absolute Gasteiger partial charge is 0.496 e. The first kappa shape index (κ1) is 23.0. The highest BCUT2D eigenvalue weighted by atomic mass is 32.2. The molecule has 0 spiro atoms. The lowest BCUT2D eigenvalue weighted by Crippen LogP contribution is -2.31. The second-order valence-electron chi connectivity index (χ2n) is 7.94. The van der Waals surface area contributed by atoms with E-state index in [0.717, 1.165) is 53.9 Å². The average molecular weight is 465 g/mol. The number of para-hydroxylation sites is 1. The van der Waals surface area contributed by atoms with Gasteiger partial charge in [0.25, 0.3) is 0 Å². The van der Waals surface area contributed by atoms with Crippen molar-refractivity contribution in [3.05, 3.63) is 81.7 Å². The fourth-order valence-corrected chi connectivity index (χ4v) is 5.02. The van der Waals surface area contributed by atoms with E-state index in [-0.39, 0.29) is 17.3 Å². The van der Waals surface area contributed by atoms with Crippen LogP contribution in [0.5, 0.6) is 5.75 Å². The molecular weight excluding hydrogens is 436 g/mol. The second-order valence-corrected chi connectivity index (χ2v) is 8.90. The molecule has 7 nitrogen and oxygen atoms in total. The molecule has 1 aliphatic rings. The van der Waals surface area contributed by atoms with Gasteiger partial charge in [-0.05, 0) is 55.9 Å². The van der Waals surface area contributed by atoms with Crippen LogP contribution in [-0.4, -0.2) is 39.8 Å². The highest BCUT2D eigenvalue weighted by Crippen LogP contribution is 2.28. The second kappa shape index (κ2) is 11.1. The van der Waals surface area contributed by atoms with Gasteiger partial charge in [-0.3, -0.25) is 14.3 Å². The first-order chi connectivity index (χ1) is 16.2. The molecule has 172 valence electrons. The van der Waals surface area contributed by atoms with Crippen molar-refractivity contribution in [3.8, 4) is 5.75 Å². The summed E-state index contributed by atoms with van der Waals surface area (Å²) >= 11 is 1.35. The number of rotatable bonds is 9. The number of pyridine rings is 1. The zero-order valence-electron chi connectivity index (χ0n) is 18.8. The van der Waals surface area contributed by atoms with E-state index < -0.39 is 0 Å². The normalized spacial score (nSPS) is 12.8. The molecule has 4 rings (SSSR count). The molecule has 0 fully saturated rings. The summed E-state index contributed by atoms with van der Waals surface area (Å²) in [6, 6.07) is 13.5. The van der Waals surface area contributed by atoms with Crippen molar-refractivity contribution in [1.82, 2.24) is 19.9 Å². The standard InChI is InChI=1S/C25H28N4O3S/c1-32-22-12-5-2-8-18(22)13-15-27-23(30)17-33-24-20-10-3-4-11-21(20)29(25(31)28-24)16-19-9-6-7-14-26-19/h2,5-9,12,14H,3-4,10-11,13,15-17H2,1H3,(H,27,30). The summed E-state index contributed by atoms with van der Waals surface area (Å²) in [6.45, 7) is 0.945. The van der Waals surface area contributed by atoms with Gasteiger partial charge in [0, 0.05) is 24.0 Å². The molecule has 2 heterocycles. The fourth-order valence-electron chi connectivity index (χ4n) is 4.11. The molecule has 0 bridgehead atoms. The van der Waals surface area contributed by atoms with E-state index in [1.165, 1.54) is 11.8 Å². The number of methoxy groups -OCH3 is 1. The van der Waals surface area contributed by atoms with Crippen LogP contribution in [0, 0.1) is 0 Å². The Morgan fingerprint density at radius 3 is 2.79 bits per heavy atom. The van der Waals surface area contributed by atoms with Gasteiger partial charge in [-0.2, -0.15) is 4.98 Å². The lowest BCUT2D eigenvalue weighted by molar-refractivity contribution is -0.118. The number of benzene rings is 1. The summed E-state index contributed by atoms with van der Waals surface area (Å²) in [4.78, 5) is 34.0. The van der Waals surface area contributed by atoms with E-state index in [0.29, 0.717) is 24.5 Å². The SMILES string of the molecule is COc1ccccc1CCNC(=O)CSc1nc(=O)n(Cc2ccccn2)c2c1CCCC2. The molecule has 0 unspecified atom stereocenters. The smallest absolute Gasteiger partial charge is 0.349 e. The van der Waals surface area contributed by atoms with Gasteiger partial charge >= 0.3 is 5.69 Å². The molecular formula is C25H28N4O3S. The van der Waals surface area contributed by atoms with Crippen LogP contribution in [0.3, 0.4) is 0 Å². The minimum atomic E-state index is -0.277. The molecule has 0 radical (unpaired) electrons. The average Bonchev–Trinajstić information content (AvgIpc) is 2.85. The Bertz CT molecular complexity index is 1160. The first-order valence-electron chi connectivity index (χ1n) is 11.2. The van der Waals surface area contributed by atoms with Crippen molar-refractivity contribution >= 4 is 17.7 Å². The molecule has 0 saturated carbocycles. The van der Waals surface area contributed by atoms with Crippen molar-refractivity contribution in [3.63, 3.8) is 0 Å². The van der Waals surface area contributed by atoms with Gasteiger partial charge in [0.15, 0.2) is 0 Å². The molecule has 33 heavy (non-hydrogen) atoms. The Balaban J connectivity index is 1.40. The molecule has 0 aliphatic heterocycles. The summed E-state index contributed by atoms with van der Waals surface area (Å²) in [5.74, 6) is 0.983. The van der Waals surface area contributed by atoms with Gasteiger partial charge in [0.1, 0.15) is 10.8 Å². The Morgan fingerprint density at radius 1 is 1.15 bits per heavy atom. The summed E-state index contributed by atoms with van der Waals surface area (Å²) in [5, 5.41) is 3.64. The lowest BCUT2D eigenvalue weighted by Gasteiger charge is -2.22.